The molecule has 0 spiro atoms. The zero-order valence-electron chi connectivity index (χ0n) is 9.39. The quantitative estimate of drug-likeness (QED) is 0.692. The highest BCUT2D eigenvalue weighted by Gasteiger charge is 2.28. The molecule has 0 saturated carbocycles. The lowest BCUT2D eigenvalue weighted by atomic mass is 10.2. The highest BCUT2D eigenvalue weighted by Crippen LogP contribution is 2.21. The fourth-order valence-corrected chi connectivity index (χ4v) is 1.20. The highest BCUT2D eigenvalue weighted by molar-refractivity contribution is 5.75. The third kappa shape index (κ3) is 8.52. The monoisotopic (exact) mass is 241 g/mol. The summed E-state index contributed by atoms with van der Waals surface area (Å²) in [5.74, 6) is -0.485. The van der Waals surface area contributed by atoms with Crippen molar-refractivity contribution in [2.24, 2.45) is 0 Å². The van der Waals surface area contributed by atoms with Gasteiger partial charge in [0.2, 0.25) is 5.91 Å². The summed E-state index contributed by atoms with van der Waals surface area (Å²) in [6.45, 7) is 0.544. The van der Waals surface area contributed by atoms with Crippen LogP contribution >= 0.6 is 0 Å². The van der Waals surface area contributed by atoms with Crippen LogP contribution in [-0.2, 0) is 4.79 Å². The van der Waals surface area contributed by atoms with Gasteiger partial charge in [0.05, 0.1) is 6.42 Å². The molecule has 0 atom stereocenters. The zero-order valence-corrected chi connectivity index (χ0v) is 9.39. The molecule has 0 aliphatic rings. The summed E-state index contributed by atoms with van der Waals surface area (Å²) < 4.78 is 35.5. The molecule has 0 rings (SSSR count). The predicted octanol–water partition coefficient (Wildman–Crippen LogP) is 1.95. The van der Waals surface area contributed by atoms with Crippen molar-refractivity contribution >= 4 is 5.91 Å². The maximum atomic E-state index is 11.8. The first kappa shape index (κ1) is 15.2. The van der Waals surface area contributed by atoms with E-state index in [1.807, 2.05) is 0 Å². The summed E-state index contributed by atoms with van der Waals surface area (Å²) in [5, 5.41) is 8.51. The van der Waals surface area contributed by atoms with Crippen molar-refractivity contribution in [3.63, 3.8) is 0 Å². The molecule has 3 nitrogen and oxygen atoms in total. The van der Waals surface area contributed by atoms with E-state index in [1.165, 1.54) is 11.9 Å². The summed E-state index contributed by atoms with van der Waals surface area (Å²) in [6.07, 6.45) is -3.69. The van der Waals surface area contributed by atoms with Crippen molar-refractivity contribution in [3.05, 3.63) is 0 Å². The van der Waals surface area contributed by atoms with Crippen molar-refractivity contribution in [2.75, 3.05) is 20.2 Å². The standard InChI is InChI=1S/C10H18F3NO2/c1-14(7-3-2-4-8-15)9(16)5-6-10(11,12)13/h15H,2-8H2,1H3. The Morgan fingerprint density at radius 2 is 1.88 bits per heavy atom. The lowest BCUT2D eigenvalue weighted by Crippen LogP contribution is -2.28. The molecule has 0 aromatic carbocycles. The number of alkyl halides is 3. The number of hydrogen-bond donors (Lipinski definition) is 1. The largest absolute Gasteiger partial charge is 0.396 e. The van der Waals surface area contributed by atoms with Gasteiger partial charge in [-0.05, 0) is 19.3 Å². The average Bonchev–Trinajstić information content (AvgIpc) is 2.19. The van der Waals surface area contributed by atoms with Crippen molar-refractivity contribution in [3.8, 4) is 0 Å². The number of amides is 1. The van der Waals surface area contributed by atoms with Crippen LogP contribution in [0.15, 0.2) is 0 Å². The minimum Gasteiger partial charge on any atom is -0.396 e. The first-order valence-corrected chi connectivity index (χ1v) is 5.28. The summed E-state index contributed by atoms with van der Waals surface area (Å²) in [4.78, 5) is 12.5. The van der Waals surface area contributed by atoms with Crippen LogP contribution < -0.4 is 0 Å². The van der Waals surface area contributed by atoms with Crippen molar-refractivity contribution in [2.45, 2.75) is 38.3 Å². The summed E-state index contributed by atoms with van der Waals surface area (Å²) in [6, 6.07) is 0. The number of aliphatic hydroxyl groups is 1. The average molecular weight is 241 g/mol. The predicted molar refractivity (Wildman–Crippen MR) is 53.9 cm³/mol. The Morgan fingerprint density at radius 1 is 1.25 bits per heavy atom. The lowest BCUT2D eigenvalue weighted by Gasteiger charge is -2.17. The lowest BCUT2D eigenvalue weighted by molar-refractivity contribution is -0.148. The van der Waals surface area contributed by atoms with Crippen molar-refractivity contribution < 1.29 is 23.1 Å². The summed E-state index contributed by atoms with van der Waals surface area (Å²) in [7, 11) is 1.50. The van der Waals surface area contributed by atoms with E-state index in [4.69, 9.17) is 5.11 Å². The first-order chi connectivity index (χ1) is 7.37. The maximum absolute atomic E-state index is 11.8. The van der Waals surface area contributed by atoms with Gasteiger partial charge < -0.3 is 10.0 Å². The molecule has 1 N–H and O–H groups in total. The van der Waals surface area contributed by atoms with Gasteiger partial charge in [-0.3, -0.25) is 4.79 Å². The molecule has 0 aliphatic heterocycles. The second kappa shape index (κ2) is 7.49. The van der Waals surface area contributed by atoms with Gasteiger partial charge in [0.1, 0.15) is 0 Å². The number of unbranched alkanes of at least 4 members (excludes halogenated alkanes) is 2. The van der Waals surface area contributed by atoms with Crippen LogP contribution in [0, 0.1) is 0 Å². The minimum absolute atomic E-state index is 0.103. The number of carbonyl (C=O) groups is 1. The van der Waals surface area contributed by atoms with E-state index < -0.39 is 24.9 Å². The van der Waals surface area contributed by atoms with Crippen LogP contribution in [0.3, 0.4) is 0 Å². The van der Waals surface area contributed by atoms with E-state index >= 15 is 0 Å². The Balaban J connectivity index is 3.65. The van der Waals surface area contributed by atoms with Gasteiger partial charge in [0.15, 0.2) is 0 Å². The topological polar surface area (TPSA) is 40.5 Å². The van der Waals surface area contributed by atoms with Gasteiger partial charge >= 0.3 is 6.18 Å². The summed E-state index contributed by atoms with van der Waals surface area (Å²) in [5.41, 5.74) is 0. The normalized spacial score (nSPS) is 11.6. The Morgan fingerprint density at radius 3 is 2.38 bits per heavy atom. The van der Waals surface area contributed by atoms with E-state index in [9.17, 15) is 18.0 Å². The van der Waals surface area contributed by atoms with E-state index in [0.29, 0.717) is 19.4 Å². The molecule has 6 heteroatoms. The van der Waals surface area contributed by atoms with Crippen LogP contribution in [0.25, 0.3) is 0 Å². The SMILES string of the molecule is CN(CCCCCO)C(=O)CCC(F)(F)F. The fraction of sp³-hybridized carbons (Fsp3) is 0.900. The number of nitrogens with zero attached hydrogens (tertiary/aromatic N) is 1. The number of hydrogen-bond acceptors (Lipinski definition) is 2. The number of carbonyl (C=O) groups excluding carboxylic acids is 1. The van der Waals surface area contributed by atoms with Gasteiger partial charge in [-0.1, -0.05) is 0 Å². The third-order valence-corrected chi connectivity index (χ3v) is 2.20. The van der Waals surface area contributed by atoms with Crippen LogP contribution in [0.2, 0.25) is 0 Å². The smallest absolute Gasteiger partial charge is 0.389 e. The Kier molecular flexibility index (Phi) is 7.12. The fourth-order valence-electron chi connectivity index (χ4n) is 1.20. The Bertz CT molecular complexity index is 207. The molecular weight excluding hydrogens is 223 g/mol. The molecule has 0 fully saturated rings. The number of rotatable bonds is 7. The number of aliphatic hydroxyl groups excluding tert-OH is 1. The van der Waals surface area contributed by atoms with Crippen molar-refractivity contribution in [1.82, 2.24) is 4.90 Å². The van der Waals surface area contributed by atoms with E-state index in [-0.39, 0.29) is 6.61 Å². The molecule has 0 aliphatic carbocycles. The zero-order chi connectivity index (χ0) is 12.6. The molecule has 96 valence electrons. The molecule has 1 amide bonds. The van der Waals surface area contributed by atoms with Crippen molar-refractivity contribution in [1.29, 1.82) is 0 Å². The molecule has 0 unspecified atom stereocenters. The Hall–Kier alpha value is -0.780. The minimum atomic E-state index is -4.27. The molecule has 0 radical (unpaired) electrons. The van der Waals surface area contributed by atoms with E-state index in [2.05, 4.69) is 0 Å². The van der Waals surface area contributed by atoms with Crippen LogP contribution in [0.4, 0.5) is 13.2 Å². The molecule has 0 aromatic heterocycles. The van der Waals surface area contributed by atoms with Crippen LogP contribution in [-0.4, -0.2) is 42.3 Å². The van der Waals surface area contributed by atoms with Crippen LogP contribution in [0.5, 0.6) is 0 Å². The molecular formula is C10H18F3NO2. The van der Waals surface area contributed by atoms with E-state index in [1.54, 1.807) is 0 Å². The first-order valence-electron chi connectivity index (χ1n) is 5.28. The third-order valence-electron chi connectivity index (χ3n) is 2.20. The summed E-state index contributed by atoms with van der Waals surface area (Å²) >= 11 is 0. The van der Waals surface area contributed by atoms with Gasteiger partial charge in [-0.15, -0.1) is 0 Å². The number of halogens is 3. The second-order valence-electron chi connectivity index (χ2n) is 3.71. The van der Waals surface area contributed by atoms with Gasteiger partial charge in [-0.25, -0.2) is 0 Å². The van der Waals surface area contributed by atoms with Gasteiger partial charge in [-0.2, -0.15) is 13.2 Å². The van der Waals surface area contributed by atoms with Gasteiger partial charge in [0.25, 0.3) is 0 Å². The molecule has 0 heterocycles. The molecule has 16 heavy (non-hydrogen) atoms. The second-order valence-corrected chi connectivity index (χ2v) is 3.71. The molecule has 0 saturated heterocycles. The van der Waals surface area contributed by atoms with Crippen LogP contribution in [0.1, 0.15) is 32.1 Å². The highest BCUT2D eigenvalue weighted by atomic mass is 19.4. The molecule has 0 bridgehead atoms. The van der Waals surface area contributed by atoms with Gasteiger partial charge in [0, 0.05) is 26.6 Å². The molecule has 0 aromatic rings. The maximum Gasteiger partial charge on any atom is 0.389 e. The Labute approximate surface area is 93.2 Å². The van der Waals surface area contributed by atoms with E-state index in [0.717, 1.165) is 6.42 Å².